The van der Waals surface area contributed by atoms with Crippen LogP contribution in [0.3, 0.4) is 0 Å². The van der Waals surface area contributed by atoms with Gasteiger partial charge in [-0.2, -0.15) is 13.2 Å². The van der Waals surface area contributed by atoms with Gasteiger partial charge >= 0.3 is 6.18 Å². The molecule has 0 saturated heterocycles. The number of benzene rings is 2. The quantitative estimate of drug-likeness (QED) is 0.687. The van der Waals surface area contributed by atoms with Crippen molar-refractivity contribution in [2.45, 2.75) is 12.3 Å². The van der Waals surface area contributed by atoms with Crippen molar-refractivity contribution in [1.82, 2.24) is 4.98 Å². The largest absolute Gasteiger partial charge is 0.420 e. The van der Waals surface area contributed by atoms with E-state index in [1.165, 1.54) is 6.07 Å². The lowest BCUT2D eigenvalue weighted by Gasteiger charge is -2.12. The maximum absolute atomic E-state index is 12.5. The van der Waals surface area contributed by atoms with Crippen LogP contribution in [-0.2, 0) is 0 Å². The lowest BCUT2D eigenvalue weighted by molar-refractivity contribution is -0.207. The second-order valence-corrected chi connectivity index (χ2v) is 4.46. The predicted octanol–water partition coefficient (Wildman–Crippen LogP) is 3.92. The fourth-order valence-corrected chi connectivity index (χ4v) is 2.17. The van der Waals surface area contributed by atoms with E-state index in [0.29, 0.717) is 10.9 Å². The van der Waals surface area contributed by atoms with Gasteiger partial charge in [0.25, 0.3) is 0 Å². The summed E-state index contributed by atoms with van der Waals surface area (Å²) in [7, 11) is 0. The number of halogens is 3. The molecule has 1 unspecified atom stereocenters. The lowest BCUT2D eigenvalue weighted by atomic mass is 10.1. The van der Waals surface area contributed by atoms with Gasteiger partial charge in [0.15, 0.2) is 6.10 Å². The Morgan fingerprint density at radius 3 is 2.21 bits per heavy atom. The first-order valence-electron chi connectivity index (χ1n) is 5.71. The summed E-state index contributed by atoms with van der Waals surface area (Å²) < 4.78 is 37.4. The van der Waals surface area contributed by atoms with Crippen LogP contribution in [0, 0.1) is 0 Å². The van der Waals surface area contributed by atoms with E-state index in [0.717, 1.165) is 10.8 Å². The molecule has 1 atom stereocenters. The Kier molecular flexibility index (Phi) is 2.53. The zero-order valence-corrected chi connectivity index (χ0v) is 9.70. The van der Waals surface area contributed by atoms with E-state index in [1.807, 2.05) is 24.3 Å². The molecule has 3 aromatic rings. The minimum Gasteiger partial charge on any atom is -0.378 e. The summed E-state index contributed by atoms with van der Waals surface area (Å²) in [6.07, 6.45) is -7.15. The normalized spacial score (nSPS) is 14.1. The molecular weight excluding hydrogens is 255 g/mol. The molecule has 5 heteroatoms. The third-order valence-corrected chi connectivity index (χ3v) is 3.11. The van der Waals surface area contributed by atoms with Gasteiger partial charge in [0.1, 0.15) is 0 Å². The Balaban J connectivity index is 2.17. The predicted molar refractivity (Wildman–Crippen MR) is 66.8 cm³/mol. The first-order valence-corrected chi connectivity index (χ1v) is 5.71. The molecule has 0 spiro atoms. The molecular formula is C14H10F3NO. The number of aliphatic hydroxyl groups excluding tert-OH is 1. The second-order valence-electron chi connectivity index (χ2n) is 4.46. The molecule has 19 heavy (non-hydrogen) atoms. The Morgan fingerprint density at radius 2 is 1.58 bits per heavy atom. The van der Waals surface area contributed by atoms with Crippen LogP contribution >= 0.6 is 0 Å². The first-order chi connectivity index (χ1) is 8.95. The maximum atomic E-state index is 12.5. The number of H-pyrrole nitrogens is 1. The number of alkyl halides is 3. The zero-order valence-electron chi connectivity index (χ0n) is 9.70. The molecule has 0 fully saturated rings. The van der Waals surface area contributed by atoms with E-state index in [-0.39, 0.29) is 5.69 Å². The lowest BCUT2D eigenvalue weighted by Crippen LogP contribution is -2.20. The molecule has 0 amide bonds. The highest BCUT2D eigenvalue weighted by molar-refractivity contribution is 5.97. The highest BCUT2D eigenvalue weighted by atomic mass is 19.4. The first kappa shape index (κ1) is 12.0. The van der Waals surface area contributed by atoms with Crippen molar-refractivity contribution in [3.63, 3.8) is 0 Å². The number of nitrogens with one attached hydrogen (secondary N) is 1. The van der Waals surface area contributed by atoms with Gasteiger partial charge in [-0.3, -0.25) is 0 Å². The zero-order chi connectivity index (χ0) is 13.6. The van der Waals surface area contributed by atoms with Gasteiger partial charge in [0.2, 0.25) is 0 Å². The van der Waals surface area contributed by atoms with Crippen LogP contribution in [0.5, 0.6) is 0 Å². The molecule has 0 bridgehead atoms. The second kappa shape index (κ2) is 3.99. The summed E-state index contributed by atoms with van der Waals surface area (Å²) in [6, 6.07) is 12.4. The summed E-state index contributed by atoms with van der Waals surface area (Å²) >= 11 is 0. The van der Waals surface area contributed by atoms with E-state index in [9.17, 15) is 18.3 Å². The molecule has 98 valence electrons. The van der Waals surface area contributed by atoms with E-state index >= 15 is 0 Å². The topological polar surface area (TPSA) is 36.0 Å². The van der Waals surface area contributed by atoms with Gasteiger partial charge in [-0.15, -0.1) is 0 Å². The van der Waals surface area contributed by atoms with Crippen molar-refractivity contribution in [1.29, 1.82) is 0 Å². The van der Waals surface area contributed by atoms with Crippen LogP contribution in [0.4, 0.5) is 13.2 Å². The molecule has 0 aliphatic heterocycles. The van der Waals surface area contributed by atoms with Crippen molar-refractivity contribution in [3.05, 3.63) is 48.2 Å². The van der Waals surface area contributed by atoms with Gasteiger partial charge in [-0.05, 0) is 29.0 Å². The summed E-state index contributed by atoms with van der Waals surface area (Å²) in [4.78, 5) is 2.62. The number of aromatic nitrogens is 1. The molecule has 0 saturated carbocycles. The van der Waals surface area contributed by atoms with Crippen molar-refractivity contribution >= 4 is 21.7 Å². The van der Waals surface area contributed by atoms with Crippen LogP contribution in [0.15, 0.2) is 42.5 Å². The summed E-state index contributed by atoms with van der Waals surface area (Å²) in [5.74, 6) is 0. The average molecular weight is 265 g/mol. The molecule has 0 radical (unpaired) electrons. The molecule has 2 aromatic carbocycles. The minimum absolute atomic E-state index is 0.238. The van der Waals surface area contributed by atoms with Crippen LogP contribution in [-0.4, -0.2) is 16.3 Å². The summed E-state index contributed by atoms with van der Waals surface area (Å²) in [6.45, 7) is 0. The van der Waals surface area contributed by atoms with Gasteiger partial charge in [0.05, 0.1) is 5.69 Å². The number of hydrogen-bond donors (Lipinski definition) is 2. The SMILES string of the molecule is OC(c1cc2cc3ccccc3cc2[nH]1)C(F)(F)F. The number of hydrogen-bond acceptors (Lipinski definition) is 1. The molecule has 0 aliphatic rings. The molecule has 1 heterocycles. The Hall–Kier alpha value is -2.01. The molecule has 2 nitrogen and oxygen atoms in total. The summed E-state index contributed by atoms with van der Waals surface area (Å²) in [5.41, 5.74) is 0.342. The maximum Gasteiger partial charge on any atom is 0.420 e. The van der Waals surface area contributed by atoms with Crippen molar-refractivity contribution in [2.24, 2.45) is 0 Å². The standard InChI is InChI=1S/C14H10F3NO/c15-14(16,17)13(19)12-7-10-5-8-3-1-2-4-9(8)6-11(10)18-12/h1-7,13,18-19H. The van der Waals surface area contributed by atoms with E-state index in [2.05, 4.69) is 4.98 Å². The molecule has 2 N–H and O–H groups in total. The van der Waals surface area contributed by atoms with Crippen molar-refractivity contribution in [2.75, 3.05) is 0 Å². The monoisotopic (exact) mass is 265 g/mol. The highest BCUT2D eigenvalue weighted by Gasteiger charge is 2.40. The van der Waals surface area contributed by atoms with Gasteiger partial charge in [-0.1, -0.05) is 24.3 Å². The Bertz CT molecular complexity index is 693. The number of fused-ring (bicyclic) bond motifs is 2. The van der Waals surface area contributed by atoms with Crippen LogP contribution in [0.25, 0.3) is 21.7 Å². The van der Waals surface area contributed by atoms with Gasteiger partial charge in [0, 0.05) is 10.9 Å². The molecule has 1 aromatic heterocycles. The molecule has 3 rings (SSSR count). The van der Waals surface area contributed by atoms with E-state index in [1.54, 1.807) is 12.1 Å². The van der Waals surface area contributed by atoms with Crippen molar-refractivity contribution < 1.29 is 18.3 Å². The third kappa shape index (κ3) is 2.06. The Labute approximate surface area is 106 Å². The van der Waals surface area contributed by atoms with E-state index in [4.69, 9.17) is 0 Å². The number of aromatic amines is 1. The van der Waals surface area contributed by atoms with E-state index < -0.39 is 12.3 Å². The minimum atomic E-state index is -4.67. The highest BCUT2D eigenvalue weighted by Crippen LogP contribution is 2.34. The Morgan fingerprint density at radius 1 is 0.947 bits per heavy atom. The fourth-order valence-electron chi connectivity index (χ4n) is 2.17. The average Bonchev–Trinajstić information content (AvgIpc) is 2.76. The summed E-state index contributed by atoms with van der Waals surface area (Å²) in [5, 5.41) is 11.8. The number of aliphatic hydroxyl groups is 1. The smallest absolute Gasteiger partial charge is 0.378 e. The van der Waals surface area contributed by atoms with Gasteiger partial charge in [-0.25, -0.2) is 0 Å². The van der Waals surface area contributed by atoms with Crippen LogP contribution in [0.1, 0.15) is 11.8 Å². The molecule has 0 aliphatic carbocycles. The van der Waals surface area contributed by atoms with Crippen LogP contribution in [0.2, 0.25) is 0 Å². The third-order valence-electron chi connectivity index (χ3n) is 3.11. The van der Waals surface area contributed by atoms with Crippen LogP contribution < -0.4 is 0 Å². The fraction of sp³-hybridized carbons (Fsp3) is 0.143. The van der Waals surface area contributed by atoms with Gasteiger partial charge < -0.3 is 10.1 Å². The van der Waals surface area contributed by atoms with Crippen molar-refractivity contribution in [3.8, 4) is 0 Å². The number of rotatable bonds is 1.